The van der Waals surface area contributed by atoms with Gasteiger partial charge in [0, 0.05) is 11.7 Å². The summed E-state index contributed by atoms with van der Waals surface area (Å²) in [4.78, 5) is 9.98. The van der Waals surface area contributed by atoms with Gasteiger partial charge in [-0.05, 0) is 18.2 Å². The normalized spacial score (nSPS) is 14.3. The fourth-order valence-corrected chi connectivity index (χ4v) is 1.31. The van der Waals surface area contributed by atoms with Crippen LogP contribution in [0, 0.1) is 0 Å². The molecule has 0 fully saturated rings. The van der Waals surface area contributed by atoms with Crippen LogP contribution in [0.3, 0.4) is 0 Å². The molecule has 1 atom stereocenters. The van der Waals surface area contributed by atoms with E-state index in [4.69, 9.17) is 5.11 Å². The first-order chi connectivity index (χ1) is 5.31. The monoisotopic (exact) mass is 202 g/mol. The van der Waals surface area contributed by atoms with E-state index in [0.29, 0.717) is 0 Å². The van der Waals surface area contributed by atoms with Crippen LogP contribution in [0.25, 0.3) is 0 Å². The topological polar surface area (TPSA) is 37.3 Å². The molecule has 0 amide bonds. The first kappa shape index (κ1) is 11.6. The Morgan fingerprint density at radius 3 is 2.42 bits per heavy atom. The van der Waals surface area contributed by atoms with E-state index < -0.39 is 16.7 Å². The van der Waals surface area contributed by atoms with Crippen molar-refractivity contribution >= 4 is 17.7 Å². The van der Waals surface area contributed by atoms with E-state index >= 15 is 0 Å². The Bertz CT molecular complexity index is 157. The van der Waals surface area contributed by atoms with Crippen LogP contribution in [0.15, 0.2) is 0 Å². The molecule has 0 aliphatic carbocycles. The molecule has 0 saturated heterocycles. The number of alkyl halides is 3. The number of carboxylic acids is 1. The summed E-state index contributed by atoms with van der Waals surface area (Å²) in [7, 11) is 0. The Morgan fingerprint density at radius 2 is 2.08 bits per heavy atom. The van der Waals surface area contributed by atoms with Crippen LogP contribution in [0.5, 0.6) is 0 Å². The van der Waals surface area contributed by atoms with Gasteiger partial charge < -0.3 is 5.11 Å². The largest absolute Gasteiger partial charge is 0.481 e. The van der Waals surface area contributed by atoms with Crippen LogP contribution in [0.4, 0.5) is 13.2 Å². The number of hydrogen-bond donors (Lipinski definition) is 1. The van der Waals surface area contributed by atoms with Gasteiger partial charge in [0.1, 0.15) is 0 Å². The van der Waals surface area contributed by atoms with Crippen molar-refractivity contribution in [2.75, 3.05) is 0 Å². The lowest BCUT2D eigenvalue weighted by molar-refractivity contribution is -0.137. The molecule has 0 rings (SSSR count). The fraction of sp³-hybridized carbons (Fsp3) is 0.833. The molecular weight excluding hydrogens is 193 g/mol. The highest BCUT2D eigenvalue weighted by molar-refractivity contribution is 8.00. The van der Waals surface area contributed by atoms with Gasteiger partial charge in [-0.3, -0.25) is 4.79 Å². The summed E-state index contributed by atoms with van der Waals surface area (Å²) in [6.07, 6.45) is -0.177. The zero-order chi connectivity index (χ0) is 9.78. The predicted molar refractivity (Wildman–Crippen MR) is 40.0 cm³/mol. The molecule has 1 unspecified atom stereocenters. The Hall–Kier alpha value is -0.390. The maximum atomic E-state index is 11.6. The van der Waals surface area contributed by atoms with Gasteiger partial charge in [-0.25, -0.2) is 0 Å². The van der Waals surface area contributed by atoms with E-state index in [0.717, 1.165) is 0 Å². The van der Waals surface area contributed by atoms with Crippen molar-refractivity contribution in [1.82, 2.24) is 0 Å². The van der Waals surface area contributed by atoms with Gasteiger partial charge in [-0.1, -0.05) is 6.92 Å². The third kappa shape index (κ3) is 7.71. The molecule has 2 nitrogen and oxygen atoms in total. The van der Waals surface area contributed by atoms with E-state index in [1.165, 1.54) is 6.92 Å². The molecule has 12 heavy (non-hydrogen) atoms. The number of halogens is 3. The minimum Gasteiger partial charge on any atom is -0.481 e. The molecule has 72 valence electrons. The van der Waals surface area contributed by atoms with Crippen LogP contribution in [-0.4, -0.2) is 21.8 Å². The van der Waals surface area contributed by atoms with Gasteiger partial charge >= 0.3 is 11.5 Å². The number of rotatable bonds is 4. The number of carbonyl (C=O) groups is 1. The van der Waals surface area contributed by atoms with Gasteiger partial charge in [0.15, 0.2) is 0 Å². The van der Waals surface area contributed by atoms with Crippen molar-refractivity contribution in [2.45, 2.75) is 30.5 Å². The van der Waals surface area contributed by atoms with Crippen LogP contribution in [-0.2, 0) is 4.79 Å². The summed E-state index contributed by atoms with van der Waals surface area (Å²) < 4.78 is 34.9. The zero-order valence-electron chi connectivity index (χ0n) is 6.39. The average Bonchev–Trinajstić information content (AvgIpc) is 1.79. The third-order valence-electron chi connectivity index (χ3n) is 1.10. The molecule has 0 aromatic rings. The lowest BCUT2D eigenvalue weighted by atomic mass is 10.2. The van der Waals surface area contributed by atoms with E-state index in [1.807, 2.05) is 0 Å². The summed E-state index contributed by atoms with van der Waals surface area (Å²) in [5.74, 6) is -1.07. The van der Waals surface area contributed by atoms with Gasteiger partial charge in [-0.2, -0.15) is 13.2 Å². The van der Waals surface area contributed by atoms with Gasteiger partial charge in [0.2, 0.25) is 0 Å². The number of hydrogen-bond acceptors (Lipinski definition) is 2. The molecule has 0 aromatic carbocycles. The van der Waals surface area contributed by atoms with E-state index in [9.17, 15) is 18.0 Å². The Balaban J connectivity index is 3.60. The number of carboxylic acid groups (broad SMARTS) is 1. The Labute approximate surface area is 72.1 Å². The van der Waals surface area contributed by atoms with Gasteiger partial charge in [-0.15, -0.1) is 0 Å². The molecule has 0 radical (unpaired) electrons. The zero-order valence-corrected chi connectivity index (χ0v) is 7.21. The molecule has 0 heterocycles. The Kier molecular flexibility index (Phi) is 4.44. The van der Waals surface area contributed by atoms with Crippen LogP contribution < -0.4 is 0 Å². The second-order valence-electron chi connectivity index (χ2n) is 2.31. The smallest absolute Gasteiger partial charge is 0.442 e. The number of aliphatic carboxylic acids is 1. The lowest BCUT2D eigenvalue weighted by Crippen LogP contribution is -2.10. The van der Waals surface area contributed by atoms with Crippen LogP contribution in [0.2, 0.25) is 0 Å². The summed E-state index contributed by atoms with van der Waals surface area (Å²) in [6, 6.07) is 0. The molecule has 0 aliphatic rings. The molecule has 0 bridgehead atoms. The van der Waals surface area contributed by atoms with Crippen molar-refractivity contribution in [3.05, 3.63) is 0 Å². The van der Waals surface area contributed by atoms with Gasteiger partial charge in [0.25, 0.3) is 0 Å². The summed E-state index contributed by atoms with van der Waals surface area (Å²) in [5.41, 5.74) is -4.27. The standard InChI is InChI=1S/C6H9F3O2S/c1-4(2-3-5(10)11)12-6(7,8)9/h4H,2-3H2,1H3,(H,10,11). The summed E-state index contributed by atoms with van der Waals surface area (Å²) in [5, 5.41) is 7.48. The number of thioether (sulfide) groups is 1. The molecular formula is C6H9F3O2S. The second kappa shape index (κ2) is 4.59. The maximum Gasteiger partial charge on any atom is 0.442 e. The van der Waals surface area contributed by atoms with Crippen molar-refractivity contribution in [2.24, 2.45) is 0 Å². The van der Waals surface area contributed by atoms with Gasteiger partial charge in [0.05, 0.1) is 0 Å². The minimum absolute atomic E-state index is 0.0412. The van der Waals surface area contributed by atoms with Crippen molar-refractivity contribution in [3.8, 4) is 0 Å². The Morgan fingerprint density at radius 1 is 1.58 bits per heavy atom. The average molecular weight is 202 g/mol. The van der Waals surface area contributed by atoms with Crippen LogP contribution >= 0.6 is 11.8 Å². The van der Waals surface area contributed by atoms with Crippen molar-refractivity contribution in [3.63, 3.8) is 0 Å². The molecule has 0 spiro atoms. The summed E-state index contributed by atoms with van der Waals surface area (Å²) >= 11 is -0.165. The lowest BCUT2D eigenvalue weighted by Gasteiger charge is -2.11. The van der Waals surface area contributed by atoms with Crippen molar-refractivity contribution in [1.29, 1.82) is 0 Å². The molecule has 1 N–H and O–H groups in total. The molecule has 6 heteroatoms. The fourth-order valence-electron chi connectivity index (χ4n) is 0.614. The van der Waals surface area contributed by atoms with Crippen molar-refractivity contribution < 1.29 is 23.1 Å². The SMILES string of the molecule is CC(CCC(=O)O)SC(F)(F)F. The first-order valence-electron chi connectivity index (χ1n) is 3.27. The van der Waals surface area contributed by atoms with E-state index in [1.54, 1.807) is 0 Å². The molecule has 0 saturated carbocycles. The highest BCUT2D eigenvalue weighted by Crippen LogP contribution is 2.35. The highest BCUT2D eigenvalue weighted by Gasteiger charge is 2.31. The minimum atomic E-state index is -4.27. The highest BCUT2D eigenvalue weighted by atomic mass is 32.2. The quantitative estimate of drug-likeness (QED) is 0.761. The summed E-state index contributed by atoms with van der Waals surface area (Å²) in [6.45, 7) is 1.36. The van der Waals surface area contributed by atoms with E-state index in [-0.39, 0.29) is 24.6 Å². The van der Waals surface area contributed by atoms with Crippen LogP contribution in [0.1, 0.15) is 19.8 Å². The second-order valence-corrected chi connectivity index (χ2v) is 3.81. The van der Waals surface area contributed by atoms with E-state index in [2.05, 4.69) is 0 Å². The third-order valence-corrected chi connectivity index (χ3v) is 2.00. The maximum absolute atomic E-state index is 11.6. The first-order valence-corrected chi connectivity index (χ1v) is 4.15. The molecule has 0 aliphatic heterocycles. The predicted octanol–water partition coefficient (Wildman–Crippen LogP) is 2.49. The molecule has 0 aromatic heterocycles.